The Balaban J connectivity index is 1.47. The number of carbonyl (C=O) groups excluding carboxylic acids is 3. The molecule has 1 atom stereocenters. The number of hydrogen-bond acceptors (Lipinski definition) is 10. The number of hydrogen-bond donors (Lipinski definition) is 1. The third kappa shape index (κ3) is 7.26. The van der Waals surface area contributed by atoms with E-state index >= 15 is 0 Å². The van der Waals surface area contributed by atoms with E-state index in [2.05, 4.69) is 21.3 Å². The van der Waals surface area contributed by atoms with Gasteiger partial charge in [-0.2, -0.15) is 5.26 Å². The van der Waals surface area contributed by atoms with Gasteiger partial charge in [0.15, 0.2) is 0 Å². The topological polar surface area (TPSA) is 125 Å². The Kier molecular flexibility index (Phi) is 11.1. The molecule has 2 aromatic rings. The number of rotatable bonds is 10. The predicted octanol–water partition coefficient (Wildman–Crippen LogP) is 5.24. The monoisotopic (exact) mass is 685 g/mol. The largest absolute Gasteiger partial charge is 0.466 e. The van der Waals surface area contributed by atoms with Crippen molar-refractivity contribution in [3.63, 3.8) is 0 Å². The molecule has 3 aliphatic rings. The Morgan fingerprint density at radius 2 is 1.65 bits per heavy atom. The Bertz CT molecular complexity index is 1550. The lowest BCUT2D eigenvalue weighted by Gasteiger charge is -2.38. The number of benzene rings is 1. The van der Waals surface area contributed by atoms with Crippen molar-refractivity contribution in [2.45, 2.75) is 50.9 Å². The Morgan fingerprint density at radius 1 is 1.02 bits per heavy atom. The number of aryl methyl sites for hydroxylation is 1. The number of ether oxygens (including phenoxy) is 2. The minimum atomic E-state index is -1.05. The first-order valence-electron chi connectivity index (χ1n) is 15.3. The van der Waals surface area contributed by atoms with Crippen LogP contribution < -0.4 is 5.32 Å². The molecule has 0 radical (unpaired) electrons. The minimum Gasteiger partial charge on any atom is -0.466 e. The van der Waals surface area contributed by atoms with Crippen molar-refractivity contribution in [1.82, 2.24) is 20.1 Å². The summed E-state index contributed by atoms with van der Waals surface area (Å²) < 4.78 is 10.5. The summed E-state index contributed by atoms with van der Waals surface area (Å²) >= 11 is 14.9. The first-order valence-corrected chi connectivity index (χ1v) is 17.0. The smallest absolute Gasteiger partial charge is 0.336 e. The number of methoxy groups -OCH3 is 2. The molecule has 1 aliphatic carbocycles. The van der Waals surface area contributed by atoms with Crippen LogP contribution in [0.5, 0.6) is 0 Å². The van der Waals surface area contributed by atoms with Crippen LogP contribution >= 0.6 is 34.5 Å². The summed E-state index contributed by atoms with van der Waals surface area (Å²) in [6, 6.07) is 7.51. The fourth-order valence-electron chi connectivity index (χ4n) is 6.74. The molecule has 0 spiro atoms. The van der Waals surface area contributed by atoms with E-state index in [0.29, 0.717) is 62.5 Å². The summed E-state index contributed by atoms with van der Waals surface area (Å²) in [6.07, 6.45) is 6.42. The Labute approximate surface area is 282 Å². The lowest BCUT2D eigenvalue weighted by Crippen LogP contribution is -2.51. The Hall–Kier alpha value is -3.43. The third-order valence-corrected chi connectivity index (χ3v) is 10.6. The maximum absolute atomic E-state index is 13.9. The molecule has 1 unspecified atom stereocenters. The fraction of sp³-hybridized carbons (Fsp3) is 0.485. The summed E-state index contributed by atoms with van der Waals surface area (Å²) in [5.74, 6) is -2.62. The number of allylic oxidation sites excluding steroid dienone is 1. The highest BCUT2D eigenvalue weighted by atomic mass is 35.5. The van der Waals surface area contributed by atoms with Crippen LogP contribution in [0.2, 0.25) is 10.0 Å². The van der Waals surface area contributed by atoms with Gasteiger partial charge in [0.1, 0.15) is 0 Å². The van der Waals surface area contributed by atoms with Crippen LogP contribution in [0.15, 0.2) is 52.3 Å². The van der Waals surface area contributed by atoms with Crippen molar-refractivity contribution >= 4 is 52.4 Å². The minimum absolute atomic E-state index is 0.0695. The van der Waals surface area contributed by atoms with Crippen LogP contribution in [0.1, 0.15) is 55.0 Å². The fourth-order valence-corrected chi connectivity index (χ4v) is 7.97. The highest BCUT2D eigenvalue weighted by molar-refractivity contribution is 7.09. The second-order valence-electron chi connectivity index (χ2n) is 11.8. The summed E-state index contributed by atoms with van der Waals surface area (Å²) in [5.41, 5.74) is 1.08. The molecule has 5 rings (SSSR count). The normalized spacial score (nSPS) is 19.9. The molecule has 1 aromatic carbocycles. The van der Waals surface area contributed by atoms with Gasteiger partial charge < -0.3 is 19.7 Å². The van der Waals surface area contributed by atoms with E-state index in [1.807, 2.05) is 5.38 Å². The molecule has 244 valence electrons. The van der Waals surface area contributed by atoms with Crippen molar-refractivity contribution in [3.05, 3.63) is 72.9 Å². The second-order valence-corrected chi connectivity index (χ2v) is 13.6. The van der Waals surface area contributed by atoms with Gasteiger partial charge in [-0.1, -0.05) is 42.1 Å². The molecule has 2 fully saturated rings. The summed E-state index contributed by atoms with van der Waals surface area (Å²) in [6.45, 7) is 3.04. The van der Waals surface area contributed by atoms with Gasteiger partial charge >= 0.3 is 11.9 Å². The maximum Gasteiger partial charge on any atom is 0.336 e. The number of piperazine rings is 1. The average Bonchev–Trinajstić information content (AvgIpc) is 3.76. The quantitative estimate of drug-likeness (QED) is 0.334. The number of nitrogens with zero attached hydrogens (tertiary/aromatic N) is 4. The van der Waals surface area contributed by atoms with Crippen molar-refractivity contribution < 1.29 is 23.9 Å². The molecule has 1 saturated heterocycles. The van der Waals surface area contributed by atoms with Crippen LogP contribution in [0.3, 0.4) is 0 Å². The molecule has 1 aromatic heterocycles. The van der Waals surface area contributed by atoms with E-state index in [1.165, 1.54) is 25.6 Å². The molecule has 10 nitrogen and oxygen atoms in total. The second kappa shape index (κ2) is 15.0. The van der Waals surface area contributed by atoms with Gasteiger partial charge in [-0.3, -0.25) is 9.69 Å². The van der Waals surface area contributed by atoms with E-state index in [9.17, 15) is 19.6 Å². The highest BCUT2D eigenvalue weighted by Crippen LogP contribution is 2.46. The zero-order valence-electron chi connectivity index (χ0n) is 25.9. The predicted molar refractivity (Wildman–Crippen MR) is 175 cm³/mol. The molecular formula is C33H37Cl2N5O5S. The number of thiazole rings is 1. The van der Waals surface area contributed by atoms with Crippen LogP contribution in [0, 0.1) is 16.7 Å². The van der Waals surface area contributed by atoms with Gasteiger partial charge in [-0.25, -0.2) is 14.6 Å². The number of nitrogens with one attached hydrogen (secondary N) is 1. The Morgan fingerprint density at radius 3 is 2.22 bits per heavy atom. The lowest BCUT2D eigenvalue weighted by molar-refractivity contribution is -0.137. The van der Waals surface area contributed by atoms with Crippen LogP contribution in [0.25, 0.3) is 0 Å². The first-order chi connectivity index (χ1) is 22.2. The van der Waals surface area contributed by atoms with E-state index < -0.39 is 17.9 Å². The standard InChI is InChI=1S/C33H37Cl2N5O5S/c1-44-31(42)28-23(8-9-25-37-12-17-46-25)38-24(29(32(43)45-2)30(28)27-21(34)6-5-7-22(27)35)18-26(41)40-15-13-39(14-16-40)20-33(19-36)10-3-4-11-33/h5-7,12,17,30,38H,3-4,8-11,13-16,18,20H2,1-2H3. The molecule has 1 N–H and O–H groups in total. The van der Waals surface area contributed by atoms with Gasteiger partial charge in [0.05, 0.1) is 54.2 Å². The number of dihydropyridines is 1. The van der Waals surface area contributed by atoms with Gasteiger partial charge in [-0.15, -0.1) is 11.3 Å². The molecular weight excluding hydrogens is 649 g/mol. The zero-order valence-corrected chi connectivity index (χ0v) is 28.3. The number of aromatic nitrogens is 1. The van der Waals surface area contributed by atoms with Crippen molar-refractivity contribution in [1.29, 1.82) is 5.26 Å². The van der Waals surface area contributed by atoms with E-state index in [-0.39, 0.29) is 38.9 Å². The molecule has 2 aliphatic heterocycles. The van der Waals surface area contributed by atoms with Crippen molar-refractivity contribution in [2.75, 3.05) is 46.9 Å². The van der Waals surface area contributed by atoms with Crippen molar-refractivity contribution in [2.24, 2.45) is 5.41 Å². The summed E-state index contributed by atoms with van der Waals surface area (Å²) in [5, 5.41) is 16.4. The maximum atomic E-state index is 13.9. The van der Waals surface area contributed by atoms with Gasteiger partial charge in [-0.05, 0) is 31.4 Å². The number of amides is 1. The van der Waals surface area contributed by atoms with E-state index in [4.69, 9.17) is 32.7 Å². The van der Waals surface area contributed by atoms with Gasteiger partial charge in [0.25, 0.3) is 0 Å². The third-order valence-electron chi connectivity index (χ3n) is 9.08. The number of nitriles is 1. The SMILES string of the molecule is COC(=O)C1=C(CCc2nccs2)NC(CC(=O)N2CCN(CC3(C#N)CCCC3)CC2)=C(C(=O)OC)C1c1c(Cl)cccc1Cl. The molecule has 3 heterocycles. The first kappa shape index (κ1) is 33.9. The number of esters is 2. The van der Waals surface area contributed by atoms with Gasteiger partial charge in [0, 0.05) is 77.7 Å². The molecule has 46 heavy (non-hydrogen) atoms. The molecule has 0 bridgehead atoms. The summed E-state index contributed by atoms with van der Waals surface area (Å²) in [4.78, 5) is 49.3. The lowest BCUT2D eigenvalue weighted by atomic mass is 9.78. The van der Waals surface area contributed by atoms with Crippen LogP contribution in [-0.4, -0.2) is 79.6 Å². The zero-order chi connectivity index (χ0) is 32.8. The van der Waals surface area contributed by atoms with Crippen LogP contribution in [-0.2, 0) is 30.3 Å². The molecule has 1 saturated carbocycles. The molecule has 13 heteroatoms. The highest BCUT2D eigenvalue weighted by Gasteiger charge is 2.42. The number of carbonyl (C=O) groups is 3. The van der Waals surface area contributed by atoms with Crippen molar-refractivity contribution in [3.8, 4) is 6.07 Å². The van der Waals surface area contributed by atoms with E-state index in [1.54, 1.807) is 29.3 Å². The van der Waals surface area contributed by atoms with E-state index in [0.717, 1.165) is 30.7 Å². The van der Waals surface area contributed by atoms with Gasteiger partial charge in [0.2, 0.25) is 5.91 Å². The van der Waals surface area contributed by atoms with Crippen LogP contribution in [0.4, 0.5) is 0 Å². The summed E-state index contributed by atoms with van der Waals surface area (Å²) in [7, 11) is 2.52. The number of halogens is 2. The average molecular weight is 687 g/mol. The molecule has 1 amide bonds.